The van der Waals surface area contributed by atoms with E-state index in [-0.39, 0.29) is 17.0 Å². The Morgan fingerprint density at radius 2 is 2.09 bits per heavy atom. The van der Waals surface area contributed by atoms with E-state index in [0.29, 0.717) is 6.54 Å². The number of hydrogen-bond acceptors (Lipinski definition) is 4. The first kappa shape index (κ1) is 13.1. The highest BCUT2D eigenvalue weighted by molar-refractivity contribution is 7.99. The van der Waals surface area contributed by atoms with Crippen LogP contribution in [0.1, 0.15) is 27.1 Å². The quantitative estimate of drug-likeness (QED) is 0.681. The highest BCUT2D eigenvalue weighted by atomic mass is 32.2. The first-order valence-corrected chi connectivity index (χ1v) is 8.41. The minimum absolute atomic E-state index is 0.0679. The van der Waals surface area contributed by atoms with E-state index in [4.69, 9.17) is 4.42 Å². The molecular formula is C18H13NO3S. The van der Waals surface area contributed by atoms with Crippen molar-refractivity contribution in [2.75, 3.05) is 6.54 Å². The summed E-state index contributed by atoms with van der Waals surface area (Å²) in [5, 5.41) is 10.6. The summed E-state index contributed by atoms with van der Waals surface area (Å²) in [6, 6.07) is 12.9. The zero-order chi connectivity index (χ0) is 15.6. The van der Waals surface area contributed by atoms with Crippen molar-refractivity contribution >= 4 is 28.6 Å². The summed E-state index contributed by atoms with van der Waals surface area (Å²) in [7, 11) is 0. The molecule has 2 aromatic carbocycles. The maximum absolute atomic E-state index is 12.8. The number of fused-ring (bicyclic) bond motifs is 6. The number of rotatable bonds is 0. The molecule has 1 unspecified atom stereocenters. The Morgan fingerprint density at radius 1 is 1.22 bits per heavy atom. The highest BCUT2D eigenvalue weighted by Crippen LogP contribution is 2.49. The lowest BCUT2D eigenvalue weighted by molar-refractivity contribution is 0.0701. The Kier molecular flexibility index (Phi) is 2.59. The van der Waals surface area contributed by atoms with Crippen molar-refractivity contribution in [3.05, 3.63) is 59.4 Å². The summed E-state index contributed by atoms with van der Waals surface area (Å²) in [6.07, 6.45) is 0.747. The van der Waals surface area contributed by atoms with E-state index in [1.54, 1.807) is 30.0 Å². The predicted octanol–water partition coefficient (Wildman–Crippen LogP) is 3.94. The number of carbonyl (C=O) groups is 1. The van der Waals surface area contributed by atoms with Gasteiger partial charge in [-0.3, -0.25) is 4.79 Å². The number of furan rings is 1. The molecule has 0 aliphatic carbocycles. The zero-order valence-electron chi connectivity index (χ0n) is 12.2. The lowest BCUT2D eigenvalue weighted by Gasteiger charge is -2.38. The number of carbonyl (C=O) groups excluding carboxylic acids is 1. The molecule has 0 saturated heterocycles. The van der Waals surface area contributed by atoms with Crippen LogP contribution in [0.25, 0.3) is 11.0 Å². The summed E-state index contributed by atoms with van der Waals surface area (Å²) in [4.78, 5) is 15.6. The minimum atomic E-state index is -0.129. The van der Waals surface area contributed by atoms with Crippen molar-refractivity contribution in [2.45, 2.75) is 16.7 Å². The van der Waals surface area contributed by atoms with Crippen molar-refractivity contribution in [1.29, 1.82) is 0 Å². The molecule has 1 N–H and O–H groups in total. The number of phenols is 1. The fourth-order valence-corrected chi connectivity index (χ4v) is 4.76. The van der Waals surface area contributed by atoms with Crippen molar-refractivity contribution in [2.24, 2.45) is 0 Å². The smallest absolute Gasteiger partial charge is 0.256 e. The van der Waals surface area contributed by atoms with Crippen LogP contribution < -0.4 is 0 Å². The molecule has 3 heterocycles. The highest BCUT2D eigenvalue weighted by Gasteiger charge is 2.40. The summed E-state index contributed by atoms with van der Waals surface area (Å²) in [6.45, 7) is 0.669. The van der Waals surface area contributed by atoms with E-state index < -0.39 is 0 Å². The van der Waals surface area contributed by atoms with Gasteiger partial charge in [0.05, 0.1) is 5.56 Å². The molecular weight excluding hydrogens is 310 g/mol. The normalized spacial score (nSPS) is 19.4. The molecule has 23 heavy (non-hydrogen) atoms. The monoisotopic (exact) mass is 323 g/mol. The van der Waals surface area contributed by atoms with Gasteiger partial charge in [-0.2, -0.15) is 0 Å². The lowest BCUT2D eigenvalue weighted by atomic mass is 10.0. The molecule has 0 radical (unpaired) electrons. The second kappa shape index (κ2) is 4.55. The van der Waals surface area contributed by atoms with Gasteiger partial charge in [0.2, 0.25) is 0 Å². The van der Waals surface area contributed by atoms with E-state index in [9.17, 15) is 9.90 Å². The Morgan fingerprint density at radius 3 is 3.00 bits per heavy atom. The molecule has 1 aromatic heterocycles. The summed E-state index contributed by atoms with van der Waals surface area (Å²) in [5.41, 5.74) is 2.64. The molecule has 5 heteroatoms. The van der Waals surface area contributed by atoms with Gasteiger partial charge in [-0.25, -0.2) is 0 Å². The van der Waals surface area contributed by atoms with Gasteiger partial charge in [0.15, 0.2) is 0 Å². The van der Waals surface area contributed by atoms with Gasteiger partial charge < -0.3 is 14.4 Å². The van der Waals surface area contributed by atoms with E-state index in [1.807, 2.05) is 29.2 Å². The van der Waals surface area contributed by atoms with E-state index in [1.165, 1.54) is 0 Å². The number of nitrogens with zero attached hydrogens (tertiary/aromatic N) is 1. The van der Waals surface area contributed by atoms with E-state index >= 15 is 0 Å². The third kappa shape index (κ3) is 1.77. The standard InChI is InChI=1S/C18H13NO3S/c20-10-5-6-14-13(9-10)11-7-8-19-17(21)12-3-1-2-4-15(12)23-18(19)16(11)22-14/h1-6,9,18,20H,7-8H2. The Balaban J connectivity index is 1.70. The van der Waals surface area contributed by atoms with Crippen LogP contribution in [0.5, 0.6) is 5.75 Å². The molecule has 1 amide bonds. The molecule has 0 fully saturated rings. The van der Waals surface area contributed by atoms with Crippen LogP contribution in [0.2, 0.25) is 0 Å². The van der Waals surface area contributed by atoms with Gasteiger partial charge in [-0.1, -0.05) is 23.9 Å². The van der Waals surface area contributed by atoms with Crippen molar-refractivity contribution < 1.29 is 14.3 Å². The molecule has 5 rings (SSSR count). The minimum Gasteiger partial charge on any atom is -0.508 e. The van der Waals surface area contributed by atoms with Crippen LogP contribution in [-0.2, 0) is 6.42 Å². The second-order valence-electron chi connectivity index (χ2n) is 5.84. The molecule has 2 aliphatic rings. The maximum atomic E-state index is 12.8. The zero-order valence-corrected chi connectivity index (χ0v) is 13.0. The Labute approximate surface area is 136 Å². The molecule has 0 bridgehead atoms. The topological polar surface area (TPSA) is 53.7 Å². The first-order valence-electron chi connectivity index (χ1n) is 7.53. The number of thioether (sulfide) groups is 1. The molecule has 2 aliphatic heterocycles. The van der Waals surface area contributed by atoms with E-state index in [0.717, 1.165) is 39.2 Å². The molecule has 114 valence electrons. The van der Waals surface area contributed by atoms with Crippen molar-refractivity contribution in [1.82, 2.24) is 4.90 Å². The van der Waals surface area contributed by atoms with Gasteiger partial charge in [0, 0.05) is 22.4 Å². The van der Waals surface area contributed by atoms with Crippen LogP contribution in [0.3, 0.4) is 0 Å². The lowest BCUT2D eigenvalue weighted by Crippen LogP contribution is -2.40. The van der Waals surface area contributed by atoms with Crippen LogP contribution in [-0.4, -0.2) is 22.5 Å². The number of benzene rings is 2. The van der Waals surface area contributed by atoms with Gasteiger partial charge in [0.25, 0.3) is 5.91 Å². The van der Waals surface area contributed by atoms with Crippen molar-refractivity contribution in [3.8, 4) is 5.75 Å². The summed E-state index contributed by atoms with van der Waals surface area (Å²) in [5.74, 6) is 1.14. The molecule has 0 spiro atoms. The molecule has 1 atom stereocenters. The number of phenolic OH excluding ortho intramolecular Hbond substituents is 1. The number of hydrogen-bond donors (Lipinski definition) is 1. The maximum Gasteiger partial charge on any atom is 0.256 e. The molecule has 4 nitrogen and oxygen atoms in total. The van der Waals surface area contributed by atoms with Crippen molar-refractivity contribution in [3.63, 3.8) is 0 Å². The van der Waals surface area contributed by atoms with Crippen LogP contribution in [0, 0.1) is 0 Å². The average Bonchev–Trinajstić information content (AvgIpc) is 2.93. The Hall–Kier alpha value is -2.40. The number of aromatic hydroxyl groups is 1. The largest absolute Gasteiger partial charge is 0.508 e. The van der Waals surface area contributed by atoms with E-state index in [2.05, 4.69) is 0 Å². The third-order valence-electron chi connectivity index (χ3n) is 4.53. The van der Waals surface area contributed by atoms with Crippen LogP contribution in [0.15, 0.2) is 51.8 Å². The summed E-state index contributed by atoms with van der Waals surface area (Å²) >= 11 is 1.66. The third-order valence-corrected chi connectivity index (χ3v) is 5.83. The average molecular weight is 323 g/mol. The predicted molar refractivity (Wildman–Crippen MR) is 87.7 cm³/mol. The fraction of sp³-hybridized carbons (Fsp3) is 0.167. The molecule has 3 aromatic rings. The van der Waals surface area contributed by atoms with Gasteiger partial charge in [-0.05, 0) is 36.8 Å². The van der Waals surface area contributed by atoms with Crippen LogP contribution in [0.4, 0.5) is 0 Å². The van der Waals surface area contributed by atoms with Gasteiger partial charge in [0.1, 0.15) is 22.5 Å². The number of amides is 1. The first-order chi connectivity index (χ1) is 11.2. The summed E-state index contributed by atoms with van der Waals surface area (Å²) < 4.78 is 6.05. The SMILES string of the molecule is O=C1c2ccccc2SC2c3oc4ccc(O)cc4c3CCN12. The second-order valence-corrected chi connectivity index (χ2v) is 6.96. The molecule has 0 saturated carbocycles. The van der Waals surface area contributed by atoms with Crippen LogP contribution >= 0.6 is 11.8 Å². The van der Waals surface area contributed by atoms with Gasteiger partial charge >= 0.3 is 0 Å². The fourth-order valence-electron chi connectivity index (χ4n) is 3.45. The van der Waals surface area contributed by atoms with Gasteiger partial charge in [-0.15, -0.1) is 0 Å². The Bertz CT molecular complexity index is 962.